The van der Waals surface area contributed by atoms with Gasteiger partial charge in [0.25, 0.3) is 0 Å². The van der Waals surface area contributed by atoms with Crippen molar-refractivity contribution in [3.63, 3.8) is 0 Å². The highest BCUT2D eigenvalue weighted by Crippen LogP contribution is 2.37. The van der Waals surface area contributed by atoms with Gasteiger partial charge in [0, 0.05) is 18.3 Å². The van der Waals surface area contributed by atoms with Gasteiger partial charge < -0.3 is 10.6 Å². The molecule has 0 spiro atoms. The first-order valence-corrected chi connectivity index (χ1v) is 11.4. The first kappa shape index (κ1) is 26.7. The summed E-state index contributed by atoms with van der Waals surface area (Å²) in [5, 5.41) is 5.26. The van der Waals surface area contributed by atoms with Crippen molar-refractivity contribution in [2.24, 2.45) is 0 Å². The molecule has 2 amide bonds. The van der Waals surface area contributed by atoms with Crippen LogP contribution in [0.2, 0.25) is 0 Å². The van der Waals surface area contributed by atoms with E-state index in [9.17, 15) is 31.1 Å². The number of alkyl halides is 6. The van der Waals surface area contributed by atoms with E-state index < -0.39 is 35.0 Å². The van der Waals surface area contributed by atoms with E-state index in [4.69, 9.17) is 0 Å². The topological polar surface area (TPSA) is 54.0 Å². The third kappa shape index (κ3) is 6.13. The number of hydrogen-bond acceptors (Lipinski definition) is 2. The molecule has 3 aromatic carbocycles. The van der Waals surface area contributed by atoms with Gasteiger partial charge >= 0.3 is 18.4 Å². The Kier molecular flexibility index (Phi) is 7.43. The van der Waals surface area contributed by atoms with Crippen molar-refractivity contribution in [1.82, 2.24) is 10.3 Å². The molecule has 4 rings (SSSR count). The minimum Gasteiger partial charge on any atom is -0.322 e. The summed E-state index contributed by atoms with van der Waals surface area (Å²) in [5.41, 5.74) is -2.21. The molecule has 38 heavy (non-hydrogen) atoms. The number of benzene rings is 3. The second-order valence-electron chi connectivity index (χ2n) is 8.52. The van der Waals surface area contributed by atoms with Gasteiger partial charge in [-0.25, -0.2) is 4.79 Å². The molecule has 1 heterocycles. The Labute approximate surface area is 214 Å². The molecule has 0 fully saturated rings. The third-order valence-electron chi connectivity index (χ3n) is 5.89. The zero-order chi connectivity index (χ0) is 27.4. The summed E-state index contributed by atoms with van der Waals surface area (Å²) in [6.07, 6.45) is -7.69. The van der Waals surface area contributed by atoms with Gasteiger partial charge in [-0.05, 0) is 59.7 Å². The van der Waals surface area contributed by atoms with E-state index in [2.05, 4.69) is 15.6 Å². The molecule has 0 radical (unpaired) electrons. The van der Waals surface area contributed by atoms with E-state index in [0.29, 0.717) is 5.56 Å². The average Bonchev–Trinajstić information content (AvgIpc) is 2.89. The standard InChI is InChI=1S/C28H21F6N3O/c29-27(30,31)20-12-14-23(15-13-20)36-25(38)37-26(24-11-4-5-16-35-24,18-19-7-2-1-3-8-19)21-9-6-10-22(17-21)28(32,33)34/h1-17H,18H2,(H2,36,37,38). The maximum atomic E-state index is 13.7. The molecule has 10 heteroatoms. The quantitative estimate of drug-likeness (QED) is 0.255. The average molecular weight is 529 g/mol. The molecule has 196 valence electrons. The summed E-state index contributed by atoms with van der Waals surface area (Å²) in [6.45, 7) is 0. The fourth-order valence-corrected chi connectivity index (χ4v) is 4.10. The van der Waals surface area contributed by atoms with E-state index in [1.807, 2.05) is 0 Å². The van der Waals surface area contributed by atoms with Crippen molar-refractivity contribution in [3.05, 3.63) is 131 Å². The molecule has 0 saturated carbocycles. The number of pyridine rings is 1. The van der Waals surface area contributed by atoms with Crippen LogP contribution < -0.4 is 10.6 Å². The lowest BCUT2D eigenvalue weighted by atomic mass is 9.80. The largest absolute Gasteiger partial charge is 0.416 e. The van der Waals surface area contributed by atoms with Crippen LogP contribution >= 0.6 is 0 Å². The molecular weight excluding hydrogens is 508 g/mol. The number of amides is 2. The molecule has 1 aromatic heterocycles. The molecule has 1 atom stereocenters. The second kappa shape index (κ2) is 10.6. The van der Waals surface area contributed by atoms with Gasteiger partial charge in [0.15, 0.2) is 0 Å². The number of halogens is 6. The van der Waals surface area contributed by atoms with Crippen molar-refractivity contribution < 1.29 is 31.1 Å². The van der Waals surface area contributed by atoms with Crippen LogP contribution in [-0.2, 0) is 24.3 Å². The first-order valence-electron chi connectivity index (χ1n) is 11.4. The van der Waals surface area contributed by atoms with Gasteiger partial charge in [0.2, 0.25) is 0 Å². The summed E-state index contributed by atoms with van der Waals surface area (Å²) < 4.78 is 79.7. The number of hydrogen-bond donors (Lipinski definition) is 2. The highest BCUT2D eigenvalue weighted by atomic mass is 19.4. The zero-order valence-corrected chi connectivity index (χ0v) is 19.6. The molecule has 0 bridgehead atoms. The Morgan fingerprint density at radius 2 is 1.32 bits per heavy atom. The maximum Gasteiger partial charge on any atom is 0.416 e. The fourth-order valence-electron chi connectivity index (χ4n) is 4.10. The molecule has 0 saturated heterocycles. The Bertz CT molecular complexity index is 1370. The number of nitrogens with zero attached hydrogens (tertiary/aromatic N) is 1. The van der Waals surface area contributed by atoms with Gasteiger partial charge in [-0.1, -0.05) is 48.5 Å². The Hall–Kier alpha value is -4.34. The zero-order valence-electron chi connectivity index (χ0n) is 19.6. The van der Waals surface area contributed by atoms with Gasteiger partial charge in [0.05, 0.1) is 16.8 Å². The molecule has 0 aliphatic heterocycles. The predicted octanol–water partition coefficient (Wildman–Crippen LogP) is 7.43. The summed E-state index contributed by atoms with van der Waals surface area (Å²) in [4.78, 5) is 17.6. The van der Waals surface area contributed by atoms with Crippen molar-refractivity contribution in [2.75, 3.05) is 5.32 Å². The van der Waals surface area contributed by atoms with Crippen molar-refractivity contribution >= 4 is 11.7 Å². The van der Waals surface area contributed by atoms with E-state index in [1.165, 1.54) is 18.3 Å². The van der Waals surface area contributed by atoms with Crippen LogP contribution in [0.1, 0.15) is 27.9 Å². The van der Waals surface area contributed by atoms with Crippen LogP contribution in [0.3, 0.4) is 0 Å². The number of carbonyl (C=O) groups excluding carboxylic acids is 1. The highest BCUT2D eigenvalue weighted by molar-refractivity contribution is 5.90. The summed E-state index contributed by atoms with van der Waals surface area (Å²) in [5.74, 6) is 0. The number of anilines is 1. The van der Waals surface area contributed by atoms with E-state index in [0.717, 1.165) is 36.4 Å². The smallest absolute Gasteiger partial charge is 0.322 e. The van der Waals surface area contributed by atoms with Crippen molar-refractivity contribution in [2.45, 2.75) is 24.3 Å². The molecule has 4 aromatic rings. The SMILES string of the molecule is O=C(Nc1ccc(C(F)(F)F)cc1)NC(Cc1ccccc1)(c1cccc(C(F)(F)F)c1)c1ccccn1. The summed E-state index contributed by atoms with van der Waals surface area (Å²) in [6, 6.07) is 21.2. The molecule has 1 unspecified atom stereocenters. The number of rotatable bonds is 6. The van der Waals surface area contributed by atoms with E-state index in [-0.39, 0.29) is 23.4 Å². The molecule has 0 aliphatic carbocycles. The normalized spacial score (nSPS) is 13.4. The van der Waals surface area contributed by atoms with Crippen LogP contribution in [0.15, 0.2) is 103 Å². The molecule has 4 nitrogen and oxygen atoms in total. The van der Waals surface area contributed by atoms with E-state index >= 15 is 0 Å². The minimum absolute atomic E-state index is 0.0343. The molecular formula is C28H21F6N3O. The van der Waals surface area contributed by atoms with Gasteiger partial charge in [-0.2, -0.15) is 26.3 Å². The minimum atomic E-state index is -4.64. The number of carbonyl (C=O) groups is 1. The molecule has 0 aliphatic rings. The van der Waals surface area contributed by atoms with Crippen LogP contribution in [0.4, 0.5) is 36.8 Å². The Morgan fingerprint density at radius 1 is 0.684 bits per heavy atom. The lowest BCUT2D eigenvalue weighted by Crippen LogP contribution is -2.50. The lowest BCUT2D eigenvalue weighted by molar-refractivity contribution is -0.138. The van der Waals surface area contributed by atoms with Crippen LogP contribution in [0.25, 0.3) is 0 Å². The maximum absolute atomic E-state index is 13.7. The Morgan fingerprint density at radius 3 is 1.92 bits per heavy atom. The monoisotopic (exact) mass is 529 g/mol. The van der Waals surface area contributed by atoms with Gasteiger partial charge in [-0.15, -0.1) is 0 Å². The fraction of sp³-hybridized carbons (Fsp3) is 0.143. The van der Waals surface area contributed by atoms with Crippen molar-refractivity contribution in [3.8, 4) is 0 Å². The number of aromatic nitrogens is 1. The number of urea groups is 1. The third-order valence-corrected chi connectivity index (χ3v) is 5.89. The van der Waals surface area contributed by atoms with Crippen LogP contribution in [0.5, 0.6) is 0 Å². The number of nitrogens with one attached hydrogen (secondary N) is 2. The molecule has 2 N–H and O–H groups in total. The van der Waals surface area contributed by atoms with Crippen molar-refractivity contribution in [1.29, 1.82) is 0 Å². The van der Waals surface area contributed by atoms with Crippen LogP contribution in [0, 0.1) is 0 Å². The predicted molar refractivity (Wildman–Crippen MR) is 130 cm³/mol. The van der Waals surface area contributed by atoms with Gasteiger partial charge in [0.1, 0.15) is 5.54 Å². The second-order valence-corrected chi connectivity index (χ2v) is 8.52. The summed E-state index contributed by atoms with van der Waals surface area (Å²) in [7, 11) is 0. The first-order chi connectivity index (χ1) is 18.0. The van der Waals surface area contributed by atoms with E-state index in [1.54, 1.807) is 48.5 Å². The highest BCUT2D eigenvalue weighted by Gasteiger charge is 2.40. The van der Waals surface area contributed by atoms with Crippen LogP contribution in [-0.4, -0.2) is 11.0 Å². The lowest BCUT2D eigenvalue weighted by Gasteiger charge is -2.35. The summed E-state index contributed by atoms with van der Waals surface area (Å²) >= 11 is 0. The Balaban J connectivity index is 1.79. The van der Waals surface area contributed by atoms with Gasteiger partial charge in [-0.3, -0.25) is 4.98 Å².